The molecule has 0 spiro atoms. The van der Waals surface area contributed by atoms with Crippen LogP contribution in [0.15, 0.2) is 16.7 Å². The largest absolute Gasteiger partial charge is 0.466 e. The highest BCUT2D eigenvalue weighted by Gasteiger charge is 2.16. The van der Waals surface area contributed by atoms with E-state index in [-0.39, 0.29) is 0 Å². The number of rotatable bonds is 3. The van der Waals surface area contributed by atoms with Crippen molar-refractivity contribution in [3.63, 3.8) is 0 Å². The second-order valence-corrected chi connectivity index (χ2v) is 5.22. The topological polar surface area (TPSA) is 46.3 Å². The molecule has 1 unspecified atom stereocenters. The molecule has 1 atom stereocenters. The van der Waals surface area contributed by atoms with E-state index in [0.717, 1.165) is 16.3 Å². The van der Waals surface area contributed by atoms with Crippen molar-refractivity contribution in [3.8, 4) is 0 Å². The molecule has 2 aromatic rings. The van der Waals surface area contributed by atoms with Crippen molar-refractivity contribution in [2.75, 3.05) is 0 Å². The summed E-state index contributed by atoms with van der Waals surface area (Å²) in [6.07, 6.45) is 1.53. The van der Waals surface area contributed by atoms with Gasteiger partial charge in [-0.15, -0.1) is 11.3 Å². The summed E-state index contributed by atoms with van der Waals surface area (Å²) in [4.78, 5) is 5.61. The van der Waals surface area contributed by atoms with E-state index in [2.05, 4.69) is 4.98 Å². The van der Waals surface area contributed by atoms with Gasteiger partial charge in [0.2, 0.25) is 0 Å². The van der Waals surface area contributed by atoms with E-state index < -0.39 is 6.10 Å². The first kappa shape index (κ1) is 11.4. The Labute approximate surface area is 98.8 Å². The number of aliphatic hydroxyl groups excluding tert-OH is 1. The standard InChI is InChI=1S/C12H15NO2S/c1-7-4-5-15-12(7)10(14)6-11-13-8(2)9(3)16-11/h4-5,10,14H,6H2,1-3H3. The van der Waals surface area contributed by atoms with Crippen molar-refractivity contribution in [3.05, 3.63) is 39.2 Å². The number of thiazole rings is 1. The smallest absolute Gasteiger partial charge is 0.135 e. The van der Waals surface area contributed by atoms with Crippen LogP contribution >= 0.6 is 11.3 Å². The highest BCUT2D eigenvalue weighted by molar-refractivity contribution is 7.11. The molecule has 0 aromatic carbocycles. The number of furan rings is 1. The maximum Gasteiger partial charge on any atom is 0.135 e. The summed E-state index contributed by atoms with van der Waals surface area (Å²) in [5.41, 5.74) is 2.03. The summed E-state index contributed by atoms with van der Waals surface area (Å²) in [5.74, 6) is 0.644. The van der Waals surface area contributed by atoms with Gasteiger partial charge in [0.15, 0.2) is 0 Å². The fraction of sp³-hybridized carbons (Fsp3) is 0.417. The zero-order chi connectivity index (χ0) is 11.7. The van der Waals surface area contributed by atoms with E-state index in [4.69, 9.17) is 4.42 Å². The molecule has 0 saturated heterocycles. The molecule has 0 aliphatic rings. The molecular formula is C12H15NO2S. The molecule has 0 fully saturated rings. The van der Waals surface area contributed by atoms with Gasteiger partial charge >= 0.3 is 0 Å². The number of aryl methyl sites for hydroxylation is 3. The first-order chi connectivity index (χ1) is 7.58. The molecule has 1 N–H and O–H groups in total. The molecule has 0 aliphatic carbocycles. The van der Waals surface area contributed by atoms with Crippen LogP contribution in [0.2, 0.25) is 0 Å². The summed E-state index contributed by atoms with van der Waals surface area (Å²) in [5, 5.41) is 11.0. The van der Waals surface area contributed by atoms with Gasteiger partial charge in [0.25, 0.3) is 0 Å². The molecule has 3 nitrogen and oxygen atoms in total. The lowest BCUT2D eigenvalue weighted by Gasteiger charge is -2.06. The Morgan fingerprint density at radius 2 is 2.19 bits per heavy atom. The van der Waals surface area contributed by atoms with Crippen molar-refractivity contribution in [2.24, 2.45) is 0 Å². The summed E-state index contributed by atoms with van der Waals surface area (Å²) in [7, 11) is 0. The van der Waals surface area contributed by atoms with Crippen LogP contribution in [0.25, 0.3) is 0 Å². The highest BCUT2D eigenvalue weighted by Crippen LogP contribution is 2.25. The van der Waals surface area contributed by atoms with Gasteiger partial charge in [-0.1, -0.05) is 0 Å². The lowest BCUT2D eigenvalue weighted by Crippen LogP contribution is -2.01. The zero-order valence-electron chi connectivity index (χ0n) is 9.65. The van der Waals surface area contributed by atoms with Gasteiger partial charge in [-0.25, -0.2) is 4.98 Å². The molecule has 86 valence electrons. The van der Waals surface area contributed by atoms with Gasteiger partial charge in [0.05, 0.1) is 17.0 Å². The van der Waals surface area contributed by atoms with Crippen molar-refractivity contribution < 1.29 is 9.52 Å². The van der Waals surface area contributed by atoms with Gasteiger partial charge in [0, 0.05) is 11.3 Å². The average molecular weight is 237 g/mol. The number of hydrogen-bond acceptors (Lipinski definition) is 4. The average Bonchev–Trinajstić information content (AvgIpc) is 2.74. The zero-order valence-corrected chi connectivity index (χ0v) is 10.5. The van der Waals surface area contributed by atoms with Crippen molar-refractivity contribution in [1.29, 1.82) is 0 Å². The quantitative estimate of drug-likeness (QED) is 0.892. The number of aromatic nitrogens is 1. The fourth-order valence-electron chi connectivity index (χ4n) is 1.61. The monoisotopic (exact) mass is 237 g/mol. The maximum absolute atomic E-state index is 10.0. The molecule has 0 radical (unpaired) electrons. The normalized spacial score (nSPS) is 13.0. The second-order valence-electron chi connectivity index (χ2n) is 3.94. The minimum Gasteiger partial charge on any atom is -0.466 e. The van der Waals surface area contributed by atoms with Gasteiger partial charge < -0.3 is 9.52 Å². The van der Waals surface area contributed by atoms with Crippen LogP contribution in [-0.2, 0) is 6.42 Å². The van der Waals surface area contributed by atoms with E-state index in [1.165, 1.54) is 4.88 Å². The van der Waals surface area contributed by atoms with Crippen LogP contribution in [0, 0.1) is 20.8 Å². The van der Waals surface area contributed by atoms with Crippen LogP contribution in [0.3, 0.4) is 0 Å². The molecule has 0 saturated carbocycles. The van der Waals surface area contributed by atoms with Gasteiger partial charge in [0.1, 0.15) is 11.9 Å². The molecule has 2 heterocycles. The summed E-state index contributed by atoms with van der Waals surface area (Å²) < 4.78 is 5.26. The Kier molecular flexibility index (Phi) is 3.12. The molecule has 2 rings (SSSR count). The van der Waals surface area contributed by atoms with Gasteiger partial charge in [-0.05, 0) is 32.4 Å². The second kappa shape index (κ2) is 4.39. The first-order valence-corrected chi connectivity index (χ1v) is 6.04. The molecule has 0 bridgehead atoms. The molecule has 4 heteroatoms. The highest BCUT2D eigenvalue weighted by atomic mass is 32.1. The van der Waals surface area contributed by atoms with E-state index >= 15 is 0 Å². The summed E-state index contributed by atoms with van der Waals surface area (Å²) >= 11 is 1.63. The number of hydrogen-bond donors (Lipinski definition) is 1. The summed E-state index contributed by atoms with van der Waals surface area (Å²) in [6.45, 7) is 5.96. The van der Waals surface area contributed by atoms with Crippen LogP contribution < -0.4 is 0 Å². The van der Waals surface area contributed by atoms with Crippen LogP contribution in [0.5, 0.6) is 0 Å². The lowest BCUT2D eigenvalue weighted by atomic mass is 10.1. The molecular weight excluding hydrogens is 222 g/mol. The third-order valence-electron chi connectivity index (χ3n) is 2.65. The third kappa shape index (κ3) is 2.18. The Hall–Kier alpha value is -1.13. The van der Waals surface area contributed by atoms with Crippen LogP contribution in [0.1, 0.15) is 33.0 Å². The number of aliphatic hydroxyl groups is 1. The van der Waals surface area contributed by atoms with Gasteiger partial charge in [-0.3, -0.25) is 0 Å². The summed E-state index contributed by atoms with van der Waals surface area (Å²) in [6, 6.07) is 1.86. The third-order valence-corrected chi connectivity index (χ3v) is 3.74. The predicted molar refractivity (Wildman–Crippen MR) is 63.7 cm³/mol. The Bertz CT molecular complexity index is 467. The molecule has 2 aromatic heterocycles. The predicted octanol–water partition coefficient (Wildman–Crippen LogP) is 2.94. The maximum atomic E-state index is 10.0. The van der Waals surface area contributed by atoms with Gasteiger partial charge in [-0.2, -0.15) is 0 Å². The van der Waals surface area contributed by atoms with E-state index in [1.807, 2.05) is 26.8 Å². The fourth-order valence-corrected chi connectivity index (χ4v) is 2.58. The minimum atomic E-state index is -0.597. The van der Waals surface area contributed by atoms with E-state index in [0.29, 0.717) is 12.2 Å². The van der Waals surface area contributed by atoms with Crippen molar-refractivity contribution in [1.82, 2.24) is 4.98 Å². The molecule has 0 amide bonds. The minimum absolute atomic E-state index is 0.522. The Morgan fingerprint density at radius 1 is 1.44 bits per heavy atom. The van der Waals surface area contributed by atoms with Crippen LogP contribution in [0.4, 0.5) is 0 Å². The van der Waals surface area contributed by atoms with E-state index in [1.54, 1.807) is 17.6 Å². The first-order valence-electron chi connectivity index (χ1n) is 5.23. The van der Waals surface area contributed by atoms with Crippen molar-refractivity contribution >= 4 is 11.3 Å². The van der Waals surface area contributed by atoms with Crippen molar-refractivity contribution in [2.45, 2.75) is 33.3 Å². The van der Waals surface area contributed by atoms with Crippen LogP contribution in [-0.4, -0.2) is 10.1 Å². The Balaban J connectivity index is 2.13. The number of nitrogens with zero attached hydrogens (tertiary/aromatic N) is 1. The SMILES string of the molecule is Cc1ccoc1C(O)Cc1nc(C)c(C)s1. The van der Waals surface area contributed by atoms with E-state index in [9.17, 15) is 5.11 Å². The Morgan fingerprint density at radius 3 is 2.69 bits per heavy atom. The lowest BCUT2D eigenvalue weighted by molar-refractivity contribution is 0.149. The molecule has 0 aliphatic heterocycles. The molecule has 16 heavy (non-hydrogen) atoms.